The number of hydrogen-bond acceptors (Lipinski definition) is 5. The molecule has 0 radical (unpaired) electrons. The molecule has 1 aliphatic rings. The van der Waals surface area contributed by atoms with Crippen LogP contribution in [-0.2, 0) is 0 Å². The average molecular weight is 345 g/mol. The van der Waals surface area contributed by atoms with E-state index in [2.05, 4.69) is 16.4 Å². The number of phenolic OH excluding ortho intramolecular Hbond substituents is 1. The number of aromatic hydroxyl groups is 1. The number of nitrogen functional groups attached to an aromatic ring is 1. The van der Waals surface area contributed by atoms with Crippen LogP contribution in [0.2, 0.25) is 0 Å². The second-order valence-corrected chi connectivity index (χ2v) is 5.98. The lowest BCUT2D eigenvalue weighted by molar-refractivity contribution is 0.461. The van der Waals surface area contributed by atoms with Gasteiger partial charge in [0, 0.05) is 12.1 Å². The molecule has 1 atom stereocenters. The molecule has 5 nitrogen and oxygen atoms in total. The predicted octanol–water partition coefficient (Wildman–Crippen LogP) is 3.11. The summed E-state index contributed by atoms with van der Waals surface area (Å²) >= 11 is 0. The fourth-order valence-corrected chi connectivity index (χ4v) is 3.26. The number of rotatable bonds is 2. The number of hydrogen-bond donors (Lipinski definition) is 3. The third-order valence-corrected chi connectivity index (χ3v) is 4.43. The highest BCUT2D eigenvalue weighted by Gasteiger charge is 2.22. The Morgan fingerprint density at radius 3 is 2.83 bits per heavy atom. The van der Waals surface area contributed by atoms with Gasteiger partial charge in [-0.2, -0.15) is 5.26 Å². The van der Waals surface area contributed by atoms with Gasteiger partial charge in [0.15, 0.2) is 0 Å². The number of anilines is 1. The Balaban J connectivity index is 0.00000208. The number of phenols is 1. The molecule has 6 heteroatoms. The van der Waals surface area contributed by atoms with E-state index >= 15 is 0 Å². The van der Waals surface area contributed by atoms with E-state index in [-0.39, 0.29) is 29.9 Å². The molecule has 2 heterocycles. The molecule has 1 unspecified atom stereocenters. The fourth-order valence-electron chi connectivity index (χ4n) is 3.26. The summed E-state index contributed by atoms with van der Waals surface area (Å²) in [4.78, 5) is 4.37. The molecule has 0 spiro atoms. The Kier molecular flexibility index (Phi) is 5.66. The van der Waals surface area contributed by atoms with Crippen molar-refractivity contribution in [2.45, 2.75) is 25.7 Å². The zero-order valence-electron chi connectivity index (χ0n) is 13.5. The highest BCUT2D eigenvalue weighted by atomic mass is 35.5. The first-order chi connectivity index (χ1) is 11.1. The first-order valence-corrected chi connectivity index (χ1v) is 7.82. The number of piperidine rings is 1. The predicted molar refractivity (Wildman–Crippen MR) is 97.3 cm³/mol. The highest BCUT2D eigenvalue weighted by molar-refractivity contribution is 5.85. The molecule has 1 aromatic heterocycles. The number of halogens is 1. The van der Waals surface area contributed by atoms with Crippen molar-refractivity contribution in [1.29, 1.82) is 5.26 Å². The normalized spacial score (nSPS) is 16.9. The Hall–Kier alpha value is -2.29. The summed E-state index contributed by atoms with van der Waals surface area (Å²) in [7, 11) is 0. The Labute approximate surface area is 147 Å². The van der Waals surface area contributed by atoms with Gasteiger partial charge in [-0.25, -0.2) is 4.98 Å². The average Bonchev–Trinajstić information content (AvgIpc) is 2.55. The number of aromatic nitrogens is 1. The first kappa shape index (κ1) is 18.1. The standard InChI is InChI=1S/C18H20N4O.ClH/c1-11-4-2-6-16(23)17(11)15-8-13(12-5-3-7-21-10-12)14(9-19)18(20)22-15;/h2,4,6,8,12,21,23H,3,5,7,10H2,1H3,(H2,20,22);1H. The van der Waals surface area contributed by atoms with Gasteiger partial charge in [-0.3, -0.25) is 0 Å². The topological polar surface area (TPSA) is 95.0 Å². The summed E-state index contributed by atoms with van der Waals surface area (Å²) in [6.07, 6.45) is 2.09. The van der Waals surface area contributed by atoms with Crippen LogP contribution in [0.15, 0.2) is 24.3 Å². The second kappa shape index (κ2) is 7.52. The zero-order chi connectivity index (χ0) is 16.4. The summed E-state index contributed by atoms with van der Waals surface area (Å²) in [5.41, 5.74) is 9.64. The maximum atomic E-state index is 10.2. The molecule has 1 saturated heterocycles. The molecule has 0 bridgehead atoms. The lowest BCUT2D eigenvalue weighted by Crippen LogP contribution is -2.29. The minimum Gasteiger partial charge on any atom is -0.507 e. The van der Waals surface area contributed by atoms with Gasteiger partial charge in [0.25, 0.3) is 0 Å². The number of benzene rings is 1. The van der Waals surface area contributed by atoms with Crippen molar-refractivity contribution in [3.05, 3.63) is 41.0 Å². The molecular formula is C18H21ClN4O. The zero-order valence-corrected chi connectivity index (χ0v) is 14.4. The molecule has 2 aromatic rings. The van der Waals surface area contributed by atoms with Crippen molar-refractivity contribution >= 4 is 18.2 Å². The molecule has 24 heavy (non-hydrogen) atoms. The molecular weight excluding hydrogens is 324 g/mol. The van der Waals surface area contributed by atoms with E-state index < -0.39 is 0 Å². The summed E-state index contributed by atoms with van der Waals surface area (Å²) in [5.74, 6) is 0.649. The van der Waals surface area contributed by atoms with Gasteiger partial charge in [0.2, 0.25) is 0 Å². The van der Waals surface area contributed by atoms with E-state index in [0.29, 0.717) is 16.8 Å². The quantitative estimate of drug-likeness (QED) is 0.778. The monoisotopic (exact) mass is 344 g/mol. The lowest BCUT2D eigenvalue weighted by Gasteiger charge is -2.25. The van der Waals surface area contributed by atoms with Crippen LogP contribution in [0.5, 0.6) is 5.75 Å². The number of nitriles is 1. The van der Waals surface area contributed by atoms with Crippen LogP contribution in [0.25, 0.3) is 11.3 Å². The number of aryl methyl sites for hydroxylation is 1. The lowest BCUT2D eigenvalue weighted by atomic mass is 9.87. The van der Waals surface area contributed by atoms with E-state index in [4.69, 9.17) is 5.73 Å². The van der Waals surface area contributed by atoms with E-state index in [1.165, 1.54) is 0 Å². The number of nitrogens with zero attached hydrogens (tertiary/aromatic N) is 2. The molecule has 1 aliphatic heterocycles. The molecule has 1 fully saturated rings. The van der Waals surface area contributed by atoms with Crippen LogP contribution >= 0.6 is 12.4 Å². The first-order valence-electron chi connectivity index (χ1n) is 7.82. The van der Waals surface area contributed by atoms with E-state index in [1.807, 2.05) is 19.1 Å². The van der Waals surface area contributed by atoms with E-state index in [1.54, 1.807) is 12.1 Å². The largest absolute Gasteiger partial charge is 0.507 e. The third kappa shape index (κ3) is 3.30. The molecule has 126 valence electrons. The number of nitrogens with one attached hydrogen (secondary N) is 1. The molecule has 3 rings (SSSR count). The molecule has 0 amide bonds. The second-order valence-electron chi connectivity index (χ2n) is 5.98. The van der Waals surface area contributed by atoms with Crippen LogP contribution in [0.3, 0.4) is 0 Å². The van der Waals surface area contributed by atoms with Gasteiger partial charge >= 0.3 is 0 Å². The van der Waals surface area contributed by atoms with Gasteiger partial charge in [0.05, 0.1) is 11.3 Å². The Bertz CT molecular complexity index is 759. The van der Waals surface area contributed by atoms with Crippen molar-refractivity contribution in [2.75, 3.05) is 18.8 Å². The van der Waals surface area contributed by atoms with Crippen LogP contribution in [0.1, 0.15) is 35.4 Å². The van der Waals surface area contributed by atoms with Crippen molar-refractivity contribution in [2.24, 2.45) is 0 Å². The van der Waals surface area contributed by atoms with Gasteiger partial charge in [-0.15, -0.1) is 12.4 Å². The maximum Gasteiger partial charge on any atom is 0.142 e. The van der Waals surface area contributed by atoms with Crippen LogP contribution in [-0.4, -0.2) is 23.2 Å². The van der Waals surface area contributed by atoms with Gasteiger partial charge in [-0.1, -0.05) is 12.1 Å². The minimum atomic E-state index is 0. The van der Waals surface area contributed by atoms with Crippen LogP contribution < -0.4 is 11.1 Å². The molecule has 1 aromatic carbocycles. The van der Waals surface area contributed by atoms with Gasteiger partial charge in [-0.05, 0) is 55.5 Å². The molecule has 0 saturated carbocycles. The molecule has 0 aliphatic carbocycles. The van der Waals surface area contributed by atoms with Crippen molar-refractivity contribution in [3.63, 3.8) is 0 Å². The van der Waals surface area contributed by atoms with Crippen molar-refractivity contribution in [1.82, 2.24) is 10.3 Å². The van der Waals surface area contributed by atoms with Crippen LogP contribution in [0, 0.1) is 18.3 Å². The van der Waals surface area contributed by atoms with Crippen molar-refractivity contribution < 1.29 is 5.11 Å². The van der Waals surface area contributed by atoms with E-state index in [9.17, 15) is 10.4 Å². The van der Waals surface area contributed by atoms with E-state index in [0.717, 1.165) is 37.1 Å². The SMILES string of the molecule is Cc1cccc(O)c1-c1cc(C2CCCNC2)c(C#N)c(N)n1.Cl. The number of pyridine rings is 1. The Morgan fingerprint density at radius 2 is 2.21 bits per heavy atom. The summed E-state index contributed by atoms with van der Waals surface area (Å²) in [6.45, 7) is 3.76. The molecule has 4 N–H and O–H groups in total. The van der Waals surface area contributed by atoms with Gasteiger partial charge < -0.3 is 16.2 Å². The van der Waals surface area contributed by atoms with Gasteiger partial charge in [0.1, 0.15) is 17.6 Å². The minimum absolute atomic E-state index is 0. The van der Waals surface area contributed by atoms with Crippen molar-refractivity contribution in [3.8, 4) is 23.1 Å². The maximum absolute atomic E-state index is 10.2. The smallest absolute Gasteiger partial charge is 0.142 e. The number of nitrogens with two attached hydrogens (primary N) is 1. The Morgan fingerprint density at radius 1 is 1.42 bits per heavy atom. The van der Waals surface area contributed by atoms with Crippen LogP contribution in [0.4, 0.5) is 5.82 Å². The third-order valence-electron chi connectivity index (χ3n) is 4.43. The fraction of sp³-hybridized carbons (Fsp3) is 0.333. The summed E-state index contributed by atoms with van der Waals surface area (Å²) in [5, 5.41) is 23.0. The summed E-state index contributed by atoms with van der Waals surface area (Å²) < 4.78 is 0. The highest BCUT2D eigenvalue weighted by Crippen LogP contribution is 2.36. The summed E-state index contributed by atoms with van der Waals surface area (Å²) in [6, 6.07) is 9.46.